The predicted molar refractivity (Wildman–Crippen MR) is 87.6 cm³/mol. The Balaban J connectivity index is 1.80. The molecule has 0 bridgehead atoms. The Morgan fingerprint density at radius 2 is 1.71 bits per heavy atom. The van der Waals surface area contributed by atoms with Gasteiger partial charge < -0.3 is 9.47 Å². The quantitative estimate of drug-likeness (QED) is 0.533. The Hall–Kier alpha value is -0.820. The SMILES string of the molecule is O=S(=O)(Cl)CCOCCOc1ccc2cc(Br)ccc2c1. The van der Waals surface area contributed by atoms with Gasteiger partial charge in [-0.1, -0.05) is 28.1 Å². The van der Waals surface area contributed by atoms with Gasteiger partial charge in [0.15, 0.2) is 0 Å². The van der Waals surface area contributed by atoms with E-state index in [2.05, 4.69) is 15.9 Å². The first kappa shape index (κ1) is 16.5. The minimum Gasteiger partial charge on any atom is -0.491 e. The molecule has 7 heteroatoms. The normalized spacial score (nSPS) is 11.7. The minimum absolute atomic E-state index is 0.0704. The zero-order valence-corrected chi connectivity index (χ0v) is 14.2. The summed E-state index contributed by atoms with van der Waals surface area (Å²) in [6.45, 7) is 0.732. The first-order chi connectivity index (χ1) is 9.94. The summed E-state index contributed by atoms with van der Waals surface area (Å²) in [5.74, 6) is 0.553. The van der Waals surface area contributed by atoms with E-state index in [-0.39, 0.29) is 12.4 Å². The van der Waals surface area contributed by atoms with Gasteiger partial charge in [0.2, 0.25) is 9.05 Å². The van der Waals surface area contributed by atoms with Crippen LogP contribution in [-0.4, -0.2) is 34.0 Å². The molecule has 114 valence electrons. The number of benzene rings is 2. The molecule has 21 heavy (non-hydrogen) atoms. The van der Waals surface area contributed by atoms with Crippen molar-refractivity contribution in [3.8, 4) is 5.75 Å². The molecule has 0 aromatic heterocycles. The maximum Gasteiger partial charge on any atom is 0.234 e. The molecule has 0 aliphatic carbocycles. The molecule has 0 saturated carbocycles. The number of hydrogen-bond acceptors (Lipinski definition) is 4. The highest BCUT2D eigenvalue weighted by atomic mass is 79.9. The minimum atomic E-state index is -3.49. The maximum absolute atomic E-state index is 10.7. The van der Waals surface area contributed by atoms with Crippen molar-refractivity contribution in [2.45, 2.75) is 0 Å². The third-order valence-corrected chi connectivity index (χ3v) is 4.35. The van der Waals surface area contributed by atoms with Crippen molar-refractivity contribution in [3.05, 3.63) is 40.9 Å². The molecule has 0 heterocycles. The first-order valence-corrected chi connectivity index (χ1v) is 9.53. The second kappa shape index (κ2) is 7.45. The van der Waals surface area contributed by atoms with Crippen LogP contribution in [0.25, 0.3) is 10.8 Å². The van der Waals surface area contributed by atoms with Crippen molar-refractivity contribution >= 4 is 46.4 Å². The van der Waals surface area contributed by atoms with Gasteiger partial charge in [-0.05, 0) is 35.0 Å². The molecule has 0 saturated heterocycles. The van der Waals surface area contributed by atoms with Crippen molar-refractivity contribution in [1.82, 2.24) is 0 Å². The van der Waals surface area contributed by atoms with Gasteiger partial charge in [0, 0.05) is 15.2 Å². The van der Waals surface area contributed by atoms with Gasteiger partial charge in [-0.15, -0.1) is 0 Å². The van der Waals surface area contributed by atoms with E-state index < -0.39 is 9.05 Å². The van der Waals surface area contributed by atoms with Crippen LogP contribution in [0.5, 0.6) is 5.75 Å². The van der Waals surface area contributed by atoms with Gasteiger partial charge in [0.25, 0.3) is 0 Å². The van der Waals surface area contributed by atoms with Crippen LogP contribution >= 0.6 is 26.6 Å². The summed E-state index contributed by atoms with van der Waals surface area (Å²) in [5.41, 5.74) is 0. The van der Waals surface area contributed by atoms with E-state index in [1.54, 1.807) is 0 Å². The lowest BCUT2D eigenvalue weighted by atomic mass is 10.1. The lowest BCUT2D eigenvalue weighted by Crippen LogP contribution is -2.11. The molecule has 2 aromatic rings. The Labute approximate surface area is 136 Å². The summed E-state index contributed by atoms with van der Waals surface area (Å²) in [7, 11) is 1.58. The summed E-state index contributed by atoms with van der Waals surface area (Å²) in [4.78, 5) is 0. The average molecular weight is 394 g/mol. The van der Waals surface area contributed by atoms with E-state index in [1.807, 2.05) is 36.4 Å². The largest absolute Gasteiger partial charge is 0.491 e. The highest BCUT2D eigenvalue weighted by molar-refractivity contribution is 9.10. The van der Waals surface area contributed by atoms with E-state index in [9.17, 15) is 8.42 Å². The molecule has 0 atom stereocenters. The van der Waals surface area contributed by atoms with Gasteiger partial charge in [0.1, 0.15) is 12.4 Å². The lowest BCUT2D eigenvalue weighted by Gasteiger charge is -2.08. The van der Waals surface area contributed by atoms with Crippen LogP contribution in [-0.2, 0) is 13.8 Å². The standard InChI is InChI=1S/C14H14BrClO4S/c15-13-3-1-12-10-14(4-2-11(12)9-13)20-6-5-19-7-8-21(16,17)18/h1-4,9-10H,5-8H2. The van der Waals surface area contributed by atoms with E-state index >= 15 is 0 Å². The second-order valence-corrected chi connectivity index (χ2v) is 8.17. The Bertz CT molecular complexity index is 718. The molecule has 4 nitrogen and oxygen atoms in total. The van der Waals surface area contributed by atoms with Gasteiger partial charge >= 0.3 is 0 Å². The molecule has 0 radical (unpaired) electrons. The molecule has 2 aromatic carbocycles. The predicted octanol–water partition coefficient (Wildman–Crippen LogP) is 3.57. The molecule has 0 unspecified atom stereocenters. The van der Waals surface area contributed by atoms with Crippen LogP contribution in [0.4, 0.5) is 0 Å². The zero-order valence-electron chi connectivity index (χ0n) is 11.1. The third kappa shape index (κ3) is 5.82. The highest BCUT2D eigenvalue weighted by Crippen LogP contribution is 2.24. The summed E-state index contributed by atoms with van der Waals surface area (Å²) < 4.78 is 33.1. The Morgan fingerprint density at radius 1 is 1.00 bits per heavy atom. The molecule has 0 aliphatic heterocycles. The van der Waals surface area contributed by atoms with E-state index in [4.69, 9.17) is 20.2 Å². The zero-order chi connectivity index (χ0) is 15.3. The molecule has 0 N–H and O–H groups in total. The van der Waals surface area contributed by atoms with E-state index in [0.717, 1.165) is 21.0 Å². The van der Waals surface area contributed by atoms with Crippen LogP contribution in [0.15, 0.2) is 40.9 Å². The Kier molecular flexibility index (Phi) is 5.87. The van der Waals surface area contributed by atoms with Gasteiger partial charge in [0.05, 0.1) is 19.0 Å². The third-order valence-electron chi connectivity index (χ3n) is 2.74. The number of rotatable bonds is 7. The molecular formula is C14H14BrClO4S. The van der Waals surface area contributed by atoms with Gasteiger partial charge in [-0.2, -0.15) is 0 Å². The molecule has 0 spiro atoms. The molecule has 0 fully saturated rings. The molecule has 0 amide bonds. The first-order valence-electron chi connectivity index (χ1n) is 6.26. The smallest absolute Gasteiger partial charge is 0.234 e. The van der Waals surface area contributed by atoms with Crippen LogP contribution in [0.2, 0.25) is 0 Å². The fourth-order valence-corrected chi connectivity index (χ4v) is 2.65. The monoisotopic (exact) mass is 392 g/mol. The van der Waals surface area contributed by atoms with Crippen LogP contribution in [0.3, 0.4) is 0 Å². The number of ether oxygens (including phenoxy) is 2. The summed E-state index contributed by atoms with van der Waals surface area (Å²) in [6, 6.07) is 11.8. The molecular weight excluding hydrogens is 380 g/mol. The van der Waals surface area contributed by atoms with Gasteiger partial charge in [-0.3, -0.25) is 0 Å². The van der Waals surface area contributed by atoms with Crippen LogP contribution in [0.1, 0.15) is 0 Å². The fourth-order valence-electron chi connectivity index (χ4n) is 1.76. The summed E-state index contributed by atoms with van der Waals surface area (Å²) >= 11 is 3.43. The molecule has 2 rings (SSSR count). The number of halogens is 2. The van der Waals surface area contributed by atoms with Crippen LogP contribution < -0.4 is 4.74 Å². The molecule has 0 aliphatic rings. The number of fused-ring (bicyclic) bond motifs is 1. The van der Waals surface area contributed by atoms with Crippen molar-refractivity contribution in [1.29, 1.82) is 0 Å². The summed E-state index contributed by atoms with van der Waals surface area (Å²) in [5, 5.41) is 2.21. The average Bonchev–Trinajstić information content (AvgIpc) is 2.41. The van der Waals surface area contributed by atoms with Crippen molar-refractivity contribution < 1.29 is 17.9 Å². The van der Waals surface area contributed by atoms with E-state index in [1.165, 1.54) is 0 Å². The topological polar surface area (TPSA) is 52.6 Å². The van der Waals surface area contributed by atoms with Crippen molar-refractivity contribution in [2.24, 2.45) is 0 Å². The van der Waals surface area contributed by atoms with Crippen molar-refractivity contribution in [2.75, 3.05) is 25.6 Å². The van der Waals surface area contributed by atoms with E-state index in [0.29, 0.717) is 13.2 Å². The maximum atomic E-state index is 10.7. The Morgan fingerprint density at radius 3 is 2.48 bits per heavy atom. The summed E-state index contributed by atoms with van der Waals surface area (Å²) in [6.07, 6.45) is 0. The van der Waals surface area contributed by atoms with Crippen LogP contribution in [0, 0.1) is 0 Å². The highest BCUT2D eigenvalue weighted by Gasteiger charge is 2.04. The second-order valence-electron chi connectivity index (χ2n) is 4.36. The van der Waals surface area contributed by atoms with Gasteiger partial charge in [-0.25, -0.2) is 8.42 Å². The fraction of sp³-hybridized carbons (Fsp3) is 0.286. The number of hydrogen-bond donors (Lipinski definition) is 0. The lowest BCUT2D eigenvalue weighted by molar-refractivity contribution is 0.111. The van der Waals surface area contributed by atoms with Crippen molar-refractivity contribution in [3.63, 3.8) is 0 Å².